The predicted octanol–water partition coefficient (Wildman–Crippen LogP) is 3.35. The van der Waals surface area contributed by atoms with Gasteiger partial charge in [0.05, 0.1) is 35.5 Å². The molecule has 9 heteroatoms. The Balaban J connectivity index is 1.34. The molecule has 6 rings (SSSR count). The summed E-state index contributed by atoms with van der Waals surface area (Å²) >= 11 is 0. The number of nitrogens with zero attached hydrogens (tertiary/aromatic N) is 5. The van der Waals surface area contributed by atoms with E-state index in [1.54, 1.807) is 23.0 Å². The molecule has 0 unspecified atom stereocenters. The van der Waals surface area contributed by atoms with Gasteiger partial charge in [-0.25, -0.2) is 4.98 Å². The van der Waals surface area contributed by atoms with Crippen LogP contribution >= 0.6 is 0 Å². The number of aliphatic hydroxyl groups is 1. The first-order valence-corrected chi connectivity index (χ1v) is 11.1. The third-order valence-corrected chi connectivity index (χ3v) is 6.25. The van der Waals surface area contributed by atoms with Crippen molar-refractivity contribution < 1.29 is 14.6 Å². The van der Waals surface area contributed by atoms with E-state index in [4.69, 9.17) is 9.84 Å². The summed E-state index contributed by atoms with van der Waals surface area (Å²) < 4.78 is 9.65. The Bertz CT molecular complexity index is 1300. The number of fused-ring (bicyclic) bond motifs is 2. The number of aromatic nitrogens is 5. The van der Waals surface area contributed by atoms with E-state index in [0.717, 1.165) is 49.4 Å². The quantitative estimate of drug-likeness (QED) is 0.501. The lowest BCUT2D eigenvalue weighted by Gasteiger charge is -2.25. The monoisotopic (exact) mass is 432 g/mol. The standard InChI is InChI=1S/C23H24N6O3/c30-16-5-3-15(4-6-16)28-13-14-10-18(20(11-19(14)27-28)32-17-7-8-17)23(31)26-22-12-24-21-2-1-9-25-29(21)22/h1-2,9-13,15-17,30H,3-8H2,(H,26,31)/t15-,16+. The van der Waals surface area contributed by atoms with Crippen molar-refractivity contribution in [3.8, 4) is 5.75 Å². The summed E-state index contributed by atoms with van der Waals surface area (Å²) in [6.07, 6.45) is 10.5. The van der Waals surface area contributed by atoms with Gasteiger partial charge in [-0.15, -0.1) is 0 Å². The van der Waals surface area contributed by atoms with Crippen LogP contribution in [0.4, 0.5) is 5.82 Å². The second-order valence-electron chi connectivity index (χ2n) is 8.69. The average molecular weight is 432 g/mol. The van der Waals surface area contributed by atoms with E-state index in [1.165, 1.54) is 0 Å². The van der Waals surface area contributed by atoms with E-state index < -0.39 is 0 Å². The van der Waals surface area contributed by atoms with Crippen LogP contribution in [0.2, 0.25) is 0 Å². The zero-order chi connectivity index (χ0) is 21.7. The van der Waals surface area contributed by atoms with Crippen LogP contribution in [0.1, 0.15) is 54.9 Å². The maximum absolute atomic E-state index is 13.3. The van der Waals surface area contributed by atoms with Crippen LogP contribution in [0, 0.1) is 0 Å². The van der Waals surface area contributed by atoms with Crippen LogP contribution in [0.3, 0.4) is 0 Å². The summed E-state index contributed by atoms with van der Waals surface area (Å²) in [6, 6.07) is 7.60. The van der Waals surface area contributed by atoms with E-state index in [-0.39, 0.29) is 24.2 Å². The molecule has 0 bridgehead atoms. The van der Waals surface area contributed by atoms with Crippen molar-refractivity contribution >= 4 is 28.3 Å². The molecule has 3 heterocycles. The smallest absolute Gasteiger partial charge is 0.260 e. The maximum Gasteiger partial charge on any atom is 0.260 e. The van der Waals surface area contributed by atoms with Gasteiger partial charge in [-0.05, 0) is 56.7 Å². The second-order valence-corrected chi connectivity index (χ2v) is 8.69. The number of hydrogen-bond acceptors (Lipinski definition) is 6. The highest BCUT2D eigenvalue weighted by atomic mass is 16.5. The number of rotatable bonds is 5. The number of ether oxygens (including phenoxy) is 1. The summed E-state index contributed by atoms with van der Waals surface area (Å²) in [5.74, 6) is 0.770. The van der Waals surface area contributed by atoms with Crippen molar-refractivity contribution in [3.63, 3.8) is 0 Å². The molecule has 2 fully saturated rings. The van der Waals surface area contributed by atoms with Gasteiger partial charge in [0.15, 0.2) is 11.5 Å². The van der Waals surface area contributed by atoms with E-state index in [0.29, 0.717) is 22.8 Å². The first kappa shape index (κ1) is 19.2. The lowest BCUT2D eigenvalue weighted by molar-refractivity contribution is 0.102. The van der Waals surface area contributed by atoms with Gasteiger partial charge >= 0.3 is 0 Å². The number of amides is 1. The molecule has 0 saturated heterocycles. The minimum Gasteiger partial charge on any atom is -0.490 e. The van der Waals surface area contributed by atoms with Crippen molar-refractivity contribution in [2.75, 3.05) is 5.32 Å². The fraction of sp³-hybridized carbons (Fsp3) is 0.391. The van der Waals surface area contributed by atoms with E-state index >= 15 is 0 Å². The molecule has 9 nitrogen and oxygen atoms in total. The zero-order valence-corrected chi connectivity index (χ0v) is 17.5. The van der Waals surface area contributed by atoms with Crippen LogP contribution in [0.5, 0.6) is 5.75 Å². The molecule has 0 radical (unpaired) electrons. The number of carbonyl (C=O) groups excluding carboxylic acids is 1. The summed E-state index contributed by atoms with van der Waals surface area (Å²) in [5, 5.41) is 22.6. The van der Waals surface area contributed by atoms with Gasteiger partial charge in [-0.1, -0.05) is 0 Å². The largest absolute Gasteiger partial charge is 0.490 e. The van der Waals surface area contributed by atoms with E-state index in [9.17, 15) is 9.90 Å². The fourth-order valence-electron chi connectivity index (χ4n) is 4.32. The molecule has 2 aliphatic carbocycles. The molecule has 2 aliphatic rings. The van der Waals surface area contributed by atoms with Crippen molar-refractivity contribution in [2.24, 2.45) is 0 Å². The minimum absolute atomic E-state index is 0.151. The number of benzene rings is 1. The molecule has 32 heavy (non-hydrogen) atoms. The van der Waals surface area contributed by atoms with Crippen molar-refractivity contribution in [1.29, 1.82) is 0 Å². The highest BCUT2D eigenvalue weighted by Gasteiger charge is 2.27. The molecule has 3 aromatic heterocycles. The highest BCUT2D eigenvalue weighted by Crippen LogP contribution is 2.34. The van der Waals surface area contributed by atoms with Gasteiger partial charge in [0.2, 0.25) is 0 Å². The Hall–Kier alpha value is -3.46. The number of nitrogens with one attached hydrogen (secondary N) is 1. The predicted molar refractivity (Wildman–Crippen MR) is 118 cm³/mol. The van der Waals surface area contributed by atoms with Crippen LogP contribution in [0.15, 0.2) is 42.9 Å². The number of aliphatic hydroxyl groups excluding tert-OH is 1. The third-order valence-electron chi connectivity index (χ3n) is 6.25. The SMILES string of the molecule is O=C(Nc1cnc2cccnn12)c1cc2cn([C@H]3CC[C@@H](O)CC3)nc2cc1OC1CC1. The van der Waals surface area contributed by atoms with Gasteiger partial charge in [0.1, 0.15) is 5.75 Å². The zero-order valence-electron chi connectivity index (χ0n) is 17.5. The van der Waals surface area contributed by atoms with E-state index in [1.807, 2.05) is 29.1 Å². The number of anilines is 1. The molecule has 1 aromatic carbocycles. The fourth-order valence-corrected chi connectivity index (χ4v) is 4.32. The number of imidazole rings is 1. The Labute approximate surface area is 184 Å². The van der Waals surface area contributed by atoms with Gasteiger partial charge in [0.25, 0.3) is 5.91 Å². The molecule has 1 amide bonds. The Morgan fingerprint density at radius 3 is 2.81 bits per heavy atom. The van der Waals surface area contributed by atoms with Crippen LogP contribution in [0.25, 0.3) is 16.6 Å². The number of carbonyl (C=O) groups is 1. The Kier molecular flexibility index (Phi) is 4.57. The Morgan fingerprint density at radius 2 is 2.00 bits per heavy atom. The first-order valence-electron chi connectivity index (χ1n) is 11.1. The minimum atomic E-state index is -0.274. The summed E-state index contributed by atoms with van der Waals surface area (Å²) in [5.41, 5.74) is 1.93. The van der Waals surface area contributed by atoms with Gasteiger partial charge < -0.3 is 15.2 Å². The lowest BCUT2D eigenvalue weighted by atomic mass is 9.93. The maximum atomic E-state index is 13.3. The summed E-state index contributed by atoms with van der Waals surface area (Å²) in [4.78, 5) is 17.5. The molecular weight excluding hydrogens is 408 g/mol. The van der Waals surface area contributed by atoms with E-state index in [2.05, 4.69) is 15.4 Å². The van der Waals surface area contributed by atoms with Gasteiger partial charge in [-0.3, -0.25) is 9.48 Å². The molecule has 164 valence electrons. The molecule has 0 aliphatic heterocycles. The van der Waals surface area contributed by atoms with Gasteiger partial charge in [-0.2, -0.15) is 14.7 Å². The average Bonchev–Trinajstić information content (AvgIpc) is 3.38. The van der Waals surface area contributed by atoms with Crippen LogP contribution < -0.4 is 10.1 Å². The van der Waals surface area contributed by atoms with Crippen molar-refractivity contribution in [1.82, 2.24) is 24.4 Å². The molecule has 2 saturated carbocycles. The van der Waals surface area contributed by atoms with Crippen molar-refractivity contribution in [3.05, 3.63) is 48.4 Å². The highest BCUT2D eigenvalue weighted by molar-refractivity contribution is 6.08. The van der Waals surface area contributed by atoms with Crippen molar-refractivity contribution in [2.45, 2.75) is 56.8 Å². The lowest BCUT2D eigenvalue weighted by Crippen LogP contribution is -2.21. The summed E-state index contributed by atoms with van der Waals surface area (Å²) in [7, 11) is 0. The molecule has 0 spiro atoms. The summed E-state index contributed by atoms with van der Waals surface area (Å²) in [6.45, 7) is 0. The first-order chi connectivity index (χ1) is 15.6. The molecule has 4 aromatic rings. The number of hydrogen-bond donors (Lipinski definition) is 2. The Morgan fingerprint density at radius 1 is 1.16 bits per heavy atom. The molecular formula is C23H24N6O3. The third kappa shape index (κ3) is 3.58. The van der Waals surface area contributed by atoms with Crippen LogP contribution in [-0.4, -0.2) is 47.6 Å². The molecule has 2 N–H and O–H groups in total. The van der Waals surface area contributed by atoms with Gasteiger partial charge in [0, 0.05) is 23.8 Å². The second kappa shape index (κ2) is 7.59. The van der Waals surface area contributed by atoms with Crippen LogP contribution in [-0.2, 0) is 0 Å². The molecule has 0 atom stereocenters. The topological polar surface area (TPSA) is 107 Å². The normalized spacial score (nSPS) is 21.2.